The Morgan fingerprint density at radius 1 is 1.31 bits per heavy atom. The zero-order valence-corrected chi connectivity index (χ0v) is 18.3. The summed E-state index contributed by atoms with van der Waals surface area (Å²) in [6, 6.07) is 13.2. The number of amides is 1. The predicted octanol–water partition coefficient (Wildman–Crippen LogP) is 3.96. The van der Waals surface area contributed by atoms with Crippen LogP contribution in [0.4, 0.5) is 4.79 Å². The molecule has 2 unspecified atom stereocenters. The molecule has 0 aliphatic heterocycles. The lowest BCUT2D eigenvalue weighted by Crippen LogP contribution is -2.49. The molecule has 1 fully saturated rings. The van der Waals surface area contributed by atoms with E-state index in [0.717, 1.165) is 24.9 Å². The number of nitrogens with zero attached hydrogens (tertiary/aromatic N) is 1. The summed E-state index contributed by atoms with van der Waals surface area (Å²) in [6.45, 7) is 8.54. The minimum atomic E-state index is -0.756. The summed E-state index contributed by atoms with van der Waals surface area (Å²) in [5.74, 6) is 3.83. The number of benzene rings is 1. The van der Waals surface area contributed by atoms with E-state index in [0.29, 0.717) is 12.3 Å². The first-order valence-electron chi connectivity index (χ1n) is 10.7. The van der Waals surface area contributed by atoms with E-state index < -0.39 is 17.8 Å². The van der Waals surface area contributed by atoms with Gasteiger partial charge in [0.05, 0.1) is 12.1 Å². The highest BCUT2D eigenvalue weighted by Crippen LogP contribution is 2.27. The van der Waals surface area contributed by atoms with Crippen LogP contribution in [0.25, 0.3) is 0 Å². The fourth-order valence-corrected chi connectivity index (χ4v) is 2.98. The Morgan fingerprint density at radius 3 is 2.59 bits per heavy atom. The van der Waals surface area contributed by atoms with Crippen molar-refractivity contribution in [2.24, 2.45) is 5.92 Å². The number of alkyl carbamates (subject to hydrolysis) is 1. The molecule has 0 spiro atoms. The minimum absolute atomic E-state index is 0.125. The molecule has 1 aliphatic rings. The molecule has 0 aromatic heterocycles. The van der Waals surface area contributed by atoms with E-state index >= 15 is 0 Å². The lowest BCUT2D eigenvalue weighted by molar-refractivity contribution is 0.0419. The first-order chi connectivity index (χ1) is 13.8. The summed E-state index contributed by atoms with van der Waals surface area (Å²) in [7, 11) is 0. The summed E-state index contributed by atoms with van der Waals surface area (Å²) in [5.41, 5.74) is 0.574. The van der Waals surface area contributed by atoms with Gasteiger partial charge in [0.2, 0.25) is 0 Å². The van der Waals surface area contributed by atoms with Crippen molar-refractivity contribution in [1.82, 2.24) is 10.2 Å². The molecule has 1 saturated carbocycles. The molecule has 0 heterocycles. The van der Waals surface area contributed by atoms with Crippen LogP contribution in [0, 0.1) is 17.9 Å². The third-order valence-electron chi connectivity index (χ3n) is 4.73. The quantitative estimate of drug-likeness (QED) is 0.487. The molecule has 2 rings (SSSR count). The highest BCUT2D eigenvalue weighted by molar-refractivity contribution is 5.67. The lowest BCUT2D eigenvalue weighted by atomic mass is 9.99. The molecule has 0 radical (unpaired) electrons. The molecule has 1 aliphatic carbocycles. The van der Waals surface area contributed by atoms with Crippen molar-refractivity contribution < 1.29 is 14.6 Å². The molecule has 1 amide bonds. The van der Waals surface area contributed by atoms with Gasteiger partial charge in [0.15, 0.2) is 0 Å². The predicted molar refractivity (Wildman–Crippen MR) is 116 cm³/mol. The van der Waals surface area contributed by atoms with Crippen LogP contribution in [-0.2, 0) is 11.2 Å². The van der Waals surface area contributed by atoms with E-state index in [9.17, 15) is 9.90 Å². The molecule has 1 aromatic rings. The average Bonchev–Trinajstić information content (AvgIpc) is 3.49. The van der Waals surface area contributed by atoms with Crippen LogP contribution >= 0.6 is 0 Å². The number of ether oxygens (including phenoxy) is 1. The smallest absolute Gasteiger partial charge is 0.407 e. The number of rotatable bonds is 9. The van der Waals surface area contributed by atoms with Gasteiger partial charge in [0, 0.05) is 25.1 Å². The van der Waals surface area contributed by atoms with E-state index in [1.54, 1.807) is 0 Å². The molecule has 5 nitrogen and oxygen atoms in total. The van der Waals surface area contributed by atoms with Crippen LogP contribution in [-0.4, -0.2) is 46.9 Å². The van der Waals surface area contributed by atoms with Crippen LogP contribution in [0.1, 0.15) is 58.9 Å². The summed E-state index contributed by atoms with van der Waals surface area (Å²) >= 11 is 0. The second-order valence-electron chi connectivity index (χ2n) is 8.78. The van der Waals surface area contributed by atoms with Gasteiger partial charge in [-0.1, -0.05) is 49.6 Å². The van der Waals surface area contributed by atoms with Gasteiger partial charge >= 0.3 is 6.09 Å². The largest absolute Gasteiger partial charge is 0.444 e. The number of hydrogen-bond donors (Lipinski definition) is 2. The normalized spacial score (nSPS) is 15.6. The number of unbranched alkanes of at least 4 members (excludes halogenated alkanes) is 1. The Kier molecular flexibility index (Phi) is 8.85. The first kappa shape index (κ1) is 23.1. The highest BCUT2D eigenvalue weighted by Gasteiger charge is 2.27. The molecule has 2 N–H and O–H groups in total. The molecule has 2 atom stereocenters. The molecule has 160 valence electrons. The van der Waals surface area contributed by atoms with Crippen molar-refractivity contribution in [2.45, 2.75) is 77.5 Å². The van der Waals surface area contributed by atoms with Crippen molar-refractivity contribution in [3.63, 3.8) is 0 Å². The monoisotopic (exact) mass is 400 g/mol. The van der Waals surface area contributed by atoms with E-state index in [2.05, 4.69) is 41.2 Å². The van der Waals surface area contributed by atoms with Gasteiger partial charge in [-0.25, -0.2) is 4.79 Å². The maximum absolute atomic E-state index is 12.0. The number of hydrogen-bond acceptors (Lipinski definition) is 4. The third kappa shape index (κ3) is 9.23. The number of carbonyl (C=O) groups is 1. The number of aliphatic hydroxyl groups is 1. The van der Waals surface area contributed by atoms with Gasteiger partial charge in [-0.2, -0.15) is 0 Å². The fourth-order valence-electron chi connectivity index (χ4n) is 2.98. The van der Waals surface area contributed by atoms with E-state index in [1.165, 1.54) is 12.8 Å². The average molecular weight is 401 g/mol. The zero-order valence-electron chi connectivity index (χ0n) is 18.3. The van der Waals surface area contributed by atoms with E-state index in [4.69, 9.17) is 4.74 Å². The van der Waals surface area contributed by atoms with Crippen molar-refractivity contribution in [3.8, 4) is 12.0 Å². The van der Waals surface area contributed by atoms with Gasteiger partial charge in [0.25, 0.3) is 0 Å². The van der Waals surface area contributed by atoms with Crippen LogP contribution in [0.2, 0.25) is 0 Å². The molecular weight excluding hydrogens is 364 g/mol. The first-order valence-corrected chi connectivity index (χ1v) is 10.7. The second-order valence-corrected chi connectivity index (χ2v) is 8.78. The van der Waals surface area contributed by atoms with Crippen LogP contribution < -0.4 is 5.32 Å². The molecule has 0 saturated heterocycles. The SMILES string of the molecule is CCCCN(C#CC1CC1)C(Cc1ccccc1)C(O)CNC(=O)OC(C)(C)C. The summed E-state index contributed by atoms with van der Waals surface area (Å²) in [5, 5.41) is 13.7. The summed E-state index contributed by atoms with van der Waals surface area (Å²) in [4.78, 5) is 14.1. The van der Waals surface area contributed by atoms with Crippen molar-refractivity contribution >= 4 is 6.09 Å². The lowest BCUT2D eigenvalue weighted by Gasteiger charge is -2.33. The van der Waals surface area contributed by atoms with Crippen molar-refractivity contribution in [2.75, 3.05) is 13.1 Å². The van der Waals surface area contributed by atoms with Crippen LogP contribution in [0.3, 0.4) is 0 Å². The maximum Gasteiger partial charge on any atom is 0.407 e. The molecular formula is C24H36N2O3. The Hall–Kier alpha value is -2.19. The number of aliphatic hydroxyl groups excluding tert-OH is 1. The van der Waals surface area contributed by atoms with Gasteiger partial charge in [-0.05, 0) is 52.0 Å². The topological polar surface area (TPSA) is 61.8 Å². The second kappa shape index (κ2) is 11.1. The van der Waals surface area contributed by atoms with Gasteiger partial charge < -0.3 is 20.1 Å². The van der Waals surface area contributed by atoms with Crippen molar-refractivity contribution in [1.29, 1.82) is 0 Å². The summed E-state index contributed by atoms with van der Waals surface area (Å²) in [6.07, 6.45) is 3.80. The van der Waals surface area contributed by atoms with Gasteiger partial charge in [0.1, 0.15) is 5.60 Å². The standard InChI is InChI=1S/C24H36N2O3/c1-5-6-15-26(16-14-19-12-13-19)21(17-20-10-8-7-9-11-20)22(27)18-25-23(28)29-24(2,3)4/h7-11,19,21-22,27H,5-6,12-13,15,17-18H2,1-4H3,(H,25,28). The van der Waals surface area contributed by atoms with Gasteiger partial charge in [-0.15, -0.1) is 0 Å². The Balaban J connectivity index is 2.11. The molecule has 29 heavy (non-hydrogen) atoms. The zero-order chi connectivity index (χ0) is 21.3. The van der Waals surface area contributed by atoms with Crippen molar-refractivity contribution in [3.05, 3.63) is 35.9 Å². The molecule has 5 heteroatoms. The minimum Gasteiger partial charge on any atom is -0.444 e. The number of nitrogens with one attached hydrogen (secondary N) is 1. The van der Waals surface area contributed by atoms with Crippen LogP contribution in [0.15, 0.2) is 30.3 Å². The number of carbonyl (C=O) groups excluding carboxylic acids is 1. The Labute approximate surface area is 175 Å². The summed E-state index contributed by atoms with van der Waals surface area (Å²) < 4.78 is 5.30. The van der Waals surface area contributed by atoms with E-state index in [1.807, 2.05) is 39.0 Å². The fraction of sp³-hybridized carbons (Fsp3) is 0.625. The highest BCUT2D eigenvalue weighted by atomic mass is 16.6. The Bertz CT molecular complexity index is 684. The van der Waals surface area contributed by atoms with Crippen LogP contribution in [0.5, 0.6) is 0 Å². The van der Waals surface area contributed by atoms with Gasteiger partial charge in [-0.3, -0.25) is 0 Å². The maximum atomic E-state index is 12.0. The van der Waals surface area contributed by atoms with E-state index in [-0.39, 0.29) is 12.6 Å². The molecule has 0 bridgehead atoms. The molecule has 1 aromatic carbocycles. The third-order valence-corrected chi connectivity index (χ3v) is 4.73. The Morgan fingerprint density at radius 2 is 2.00 bits per heavy atom.